The molecule has 1 aromatic carbocycles. The summed E-state index contributed by atoms with van der Waals surface area (Å²) in [5.41, 5.74) is 0. The Morgan fingerprint density at radius 3 is 2.63 bits per heavy atom. The molecule has 7 heteroatoms. The molecule has 1 saturated carbocycles. The fraction of sp³-hybridized carbons (Fsp3) is 0.500. The monoisotopic (exact) mass is 367 g/mol. The Balaban J connectivity index is 2.11. The lowest BCUT2D eigenvalue weighted by molar-refractivity contribution is 0.362. The number of hydrogen-bond acceptors (Lipinski definition) is 3. The summed E-state index contributed by atoms with van der Waals surface area (Å²) >= 11 is 4.70. The van der Waals surface area contributed by atoms with Crippen molar-refractivity contribution in [3.63, 3.8) is 0 Å². The first-order valence-corrected chi connectivity index (χ1v) is 9.39. The molecule has 1 aromatic rings. The molecule has 106 valence electrons. The predicted octanol–water partition coefficient (Wildman–Crippen LogP) is 3.15. The lowest BCUT2D eigenvalue weighted by Crippen LogP contribution is -2.45. The van der Waals surface area contributed by atoms with Gasteiger partial charge in [-0.3, -0.25) is 0 Å². The third kappa shape index (κ3) is 3.32. The molecule has 19 heavy (non-hydrogen) atoms. The summed E-state index contributed by atoms with van der Waals surface area (Å²) < 4.78 is 40.4. The third-order valence-corrected chi connectivity index (χ3v) is 6.94. The highest BCUT2D eigenvalue weighted by Crippen LogP contribution is 2.42. The van der Waals surface area contributed by atoms with Crippen molar-refractivity contribution in [1.29, 1.82) is 0 Å². The van der Waals surface area contributed by atoms with E-state index in [2.05, 4.69) is 20.7 Å². The van der Waals surface area contributed by atoms with E-state index in [9.17, 15) is 12.8 Å². The molecule has 3 nitrogen and oxygen atoms in total. The van der Waals surface area contributed by atoms with Crippen molar-refractivity contribution in [3.8, 4) is 0 Å². The molecule has 0 aromatic heterocycles. The Morgan fingerprint density at radius 1 is 1.47 bits per heavy atom. The largest absolute Gasteiger partial charge is 0.240 e. The van der Waals surface area contributed by atoms with Crippen LogP contribution in [0.1, 0.15) is 19.3 Å². The maximum Gasteiger partial charge on any atom is 0.240 e. The van der Waals surface area contributed by atoms with Crippen LogP contribution in [0.15, 0.2) is 27.6 Å². The summed E-state index contributed by atoms with van der Waals surface area (Å²) in [5, 5.41) is 0. The van der Waals surface area contributed by atoms with Crippen molar-refractivity contribution in [3.05, 3.63) is 28.5 Å². The zero-order chi connectivity index (χ0) is 14.1. The maximum absolute atomic E-state index is 13.4. The van der Waals surface area contributed by atoms with Gasteiger partial charge in [0.05, 0.1) is 9.37 Å². The van der Waals surface area contributed by atoms with Crippen LogP contribution in [0.3, 0.4) is 0 Å². The molecular formula is C12H15BrFNO2S2. The quantitative estimate of drug-likeness (QED) is 0.869. The van der Waals surface area contributed by atoms with Gasteiger partial charge in [-0.05, 0) is 53.2 Å². The first kappa shape index (κ1) is 15.3. The molecule has 0 unspecified atom stereocenters. The van der Waals surface area contributed by atoms with E-state index >= 15 is 0 Å². The normalized spacial score (nSPS) is 18.1. The van der Waals surface area contributed by atoms with Crippen molar-refractivity contribution >= 4 is 37.7 Å². The van der Waals surface area contributed by atoms with Crippen LogP contribution in [0, 0.1) is 5.82 Å². The molecule has 1 N–H and O–H groups in total. The van der Waals surface area contributed by atoms with Crippen LogP contribution in [0.2, 0.25) is 0 Å². The molecular weight excluding hydrogens is 353 g/mol. The van der Waals surface area contributed by atoms with Gasteiger partial charge in [-0.25, -0.2) is 17.5 Å². The lowest BCUT2D eigenvalue weighted by atomic mass is 9.84. The summed E-state index contributed by atoms with van der Waals surface area (Å²) in [6.07, 6.45) is 5.17. The molecule has 0 radical (unpaired) electrons. The second-order valence-electron chi connectivity index (χ2n) is 4.64. The Morgan fingerprint density at radius 2 is 2.16 bits per heavy atom. The van der Waals surface area contributed by atoms with Crippen molar-refractivity contribution in [2.45, 2.75) is 28.9 Å². The van der Waals surface area contributed by atoms with Crippen LogP contribution in [0.5, 0.6) is 0 Å². The Labute approximate surface area is 125 Å². The van der Waals surface area contributed by atoms with E-state index in [-0.39, 0.29) is 14.1 Å². The Hall–Kier alpha value is -0.110. The van der Waals surface area contributed by atoms with Gasteiger partial charge in [0.25, 0.3) is 0 Å². The minimum atomic E-state index is -3.64. The van der Waals surface area contributed by atoms with Gasteiger partial charge in [0.1, 0.15) is 5.82 Å². The molecule has 1 aliphatic rings. The third-order valence-electron chi connectivity index (χ3n) is 3.48. The van der Waals surface area contributed by atoms with Crippen molar-refractivity contribution in [1.82, 2.24) is 4.72 Å². The minimum Gasteiger partial charge on any atom is -0.210 e. The first-order valence-electron chi connectivity index (χ1n) is 5.88. The molecule has 0 spiro atoms. The fourth-order valence-electron chi connectivity index (χ4n) is 1.98. The second-order valence-corrected chi connectivity index (χ2v) is 8.54. The van der Waals surface area contributed by atoms with Gasteiger partial charge in [0.15, 0.2) is 0 Å². The van der Waals surface area contributed by atoms with Gasteiger partial charge in [0, 0.05) is 11.3 Å². The van der Waals surface area contributed by atoms with Gasteiger partial charge in [-0.15, -0.1) is 0 Å². The molecule has 0 saturated heterocycles. The fourth-order valence-corrected chi connectivity index (χ4v) is 4.37. The SMILES string of the molecule is CSC1(CNS(=O)(=O)c2ccc(Br)c(F)c2)CCC1. The molecule has 0 aliphatic heterocycles. The number of benzene rings is 1. The average molecular weight is 368 g/mol. The van der Waals surface area contributed by atoms with Gasteiger partial charge < -0.3 is 0 Å². The van der Waals surface area contributed by atoms with Crippen LogP contribution in [0.4, 0.5) is 4.39 Å². The molecule has 2 rings (SSSR count). The summed E-state index contributed by atoms with van der Waals surface area (Å²) in [6, 6.07) is 3.82. The Kier molecular flexibility index (Phi) is 4.59. The minimum absolute atomic E-state index is 0.0149. The van der Waals surface area contributed by atoms with Gasteiger partial charge >= 0.3 is 0 Å². The highest BCUT2D eigenvalue weighted by atomic mass is 79.9. The van der Waals surface area contributed by atoms with Crippen LogP contribution in [-0.4, -0.2) is 26.0 Å². The summed E-state index contributed by atoms with van der Waals surface area (Å²) in [6.45, 7) is 0.397. The van der Waals surface area contributed by atoms with E-state index < -0.39 is 15.8 Å². The highest BCUT2D eigenvalue weighted by Gasteiger charge is 2.37. The van der Waals surface area contributed by atoms with Gasteiger partial charge in [0.2, 0.25) is 10.0 Å². The number of thioether (sulfide) groups is 1. The van der Waals surface area contributed by atoms with E-state index in [0.29, 0.717) is 6.54 Å². The lowest BCUT2D eigenvalue weighted by Gasteiger charge is -2.40. The zero-order valence-electron chi connectivity index (χ0n) is 10.4. The maximum atomic E-state index is 13.4. The molecule has 1 aliphatic carbocycles. The highest BCUT2D eigenvalue weighted by molar-refractivity contribution is 9.10. The van der Waals surface area contributed by atoms with E-state index in [4.69, 9.17) is 0 Å². The molecule has 0 heterocycles. The summed E-state index contributed by atoms with van der Waals surface area (Å²) in [4.78, 5) is -0.0382. The number of hydrogen-bond donors (Lipinski definition) is 1. The van der Waals surface area contributed by atoms with Gasteiger partial charge in [-0.2, -0.15) is 11.8 Å². The molecule has 0 amide bonds. The second kappa shape index (κ2) is 5.71. The average Bonchev–Trinajstić information content (AvgIpc) is 2.31. The topological polar surface area (TPSA) is 46.2 Å². The Bertz CT molecular complexity index is 568. The number of nitrogens with one attached hydrogen (secondary N) is 1. The van der Waals surface area contributed by atoms with E-state index in [1.54, 1.807) is 11.8 Å². The standard InChI is InChI=1S/C12H15BrFNO2S2/c1-18-12(5-2-6-12)8-15-19(16,17)9-3-4-10(13)11(14)7-9/h3-4,7,15H,2,5-6,8H2,1H3. The van der Waals surface area contributed by atoms with Crippen LogP contribution < -0.4 is 4.72 Å². The predicted molar refractivity (Wildman–Crippen MR) is 79.4 cm³/mol. The molecule has 0 bridgehead atoms. The molecule has 1 fully saturated rings. The molecule has 0 atom stereocenters. The van der Waals surface area contributed by atoms with Crippen LogP contribution >= 0.6 is 27.7 Å². The number of rotatable bonds is 5. The van der Waals surface area contributed by atoms with E-state index in [1.807, 2.05) is 6.26 Å². The van der Waals surface area contributed by atoms with E-state index in [0.717, 1.165) is 25.3 Å². The van der Waals surface area contributed by atoms with Gasteiger partial charge in [-0.1, -0.05) is 6.42 Å². The van der Waals surface area contributed by atoms with Crippen molar-refractivity contribution < 1.29 is 12.8 Å². The van der Waals surface area contributed by atoms with Crippen molar-refractivity contribution in [2.24, 2.45) is 0 Å². The number of halogens is 2. The smallest absolute Gasteiger partial charge is 0.210 e. The van der Waals surface area contributed by atoms with Crippen LogP contribution in [-0.2, 0) is 10.0 Å². The van der Waals surface area contributed by atoms with E-state index in [1.165, 1.54) is 12.1 Å². The summed E-state index contributed by atoms with van der Waals surface area (Å²) in [5.74, 6) is -0.578. The number of sulfonamides is 1. The summed E-state index contributed by atoms with van der Waals surface area (Å²) in [7, 11) is -3.64. The first-order chi connectivity index (χ1) is 8.88. The zero-order valence-corrected chi connectivity index (χ0v) is 13.7. The van der Waals surface area contributed by atoms with Crippen molar-refractivity contribution in [2.75, 3.05) is 12.8 Å². The van der Waals surface area contributed by atoms with Crippen LogP contribution in [0.25, 0.3) is 0 Å².